The molecule has 0 bridgehead atoms. The van der Waals surface area contributed by atoms with E-state index in [1.807, 2.05) is 6.92 Å². The zero-order chi connectivity index (χ0) is 13.5. The highest BCUT2D eigenvalue weighted by atomic mass is 16.3. The van der Waals surface area contributed by atoms with Crippen LogP contribution in [0.2, 0.25) is 0 Å². The molecule has 18 heavy (non-hydrogen) atoms. The summed E-state index contributed by atoms with van der Waals surface area (Å²) in [5.41, 5.74) is 0.771. The van der Waals surface area contributed by atoms with Crippen LogP contribution < -0.4 is 16.0 Å². The van der Waals surface area contributed by atoms with E-state index in [4.69, 9.17) is 10.5 Å². The summed E-state index contributed by atoms with van der Waals surface area (Å²) in [6.07, 6.45) is 2.30. The predicted octanol–water partition coefficient (Wildman–Crippen LogP) is -0.501. The van der Waals surface area contributed by atoms with E-state index in [-0.39, 0.29) is 18.8 Å². The molecule has 2 atom stereocenters. The number of amidine groups is 1. The Bertz CT molecular complexity index is 317. The maximum atomic E-state index is 9.49. The summed E-state index contributed by atoms with van der Waals surface area (Å²) in [4.78, 5) is 0. The first-order valence-electron chi connectivity index (χ1n) is 6.35. The number of rotatable bonds is 6. The van der Waals surface area contributed by atoms with Crippen molar-refractivity contribution in [3.8, 4) is 0 Å². The number of aliphatic hydroxyl groups is 2. The Morgan fingerprint density at radius 1 is 1.39 bits per heavy atom. The Labute approximate surface area is 108 Å². The van der Waals surface area contributed by atoms with Crippen LogP contribution in [-0.2, 0) is 0 Å². The van der Waals surface area contributed by atoms with Crippen LogP contribution in [0.5, 0.6) is 0 Å². The van der Waals surface area contributed by atoms with E-state index in [2.05, 4.69) is 16.0 Å². The Hall–Kier alpha value is -1.27. The number of hydrogen-bond donors (Lipinski definition) is 6. The van der Waals surface area contributed by atoms with Crippen LogP contribution in [-0.4, -0.2) is 48.4 Å². The molecular weight excluding hydrogens is 232 g/mol. The molecule has 6 nitrogen and oxygen atoms in total. The van der Waals surface area contributed by atoms with Gasteiger partial charge in [0.1, 0.15) is 11.7 Å². The second-order valence-corrected chi connectivity index (χ2v) is 4.58. The minimum Gasteiger partial charge on any atom is -0.395 e. The fourth-order valence-corrected chi connectivity index (χ4v) is 2.10. The highest BCUT2D eigenvalue weighted by molar-refractivity contribution is 5.95. The van der Waals surface area contributed by atoms with E-state index < -0.39 is 0 Å². The van der Waals surface area contributed by atoms with Crippen LogP contribution in [0.4, 0.5) is 0 Å². The number of hydrogen-bond acceptors (Lipinski definition) is 5. The number of nitrogens with one attached hydrogen (secondary N) is 4. The SMILES string of the molecule is CN/C(N[C@@H]1CC[C@@H](O)C1)=C(/C)C(=N)NCCO. The molecule has 0 aromatic carbocycles. The third-order valence-electron chi connectivity index (χ3n) is 3.17. The maximum absolute atomic E-state index is 9.49. The zero-order valence-corrected chi connectivity index (χ0v) is 11.1. The van der Waals surface area contributed by atoms with Crippen molar-refractivity contribution < 1.29 is 10.2 Å². The first-order chi connectivity index (χ1) is 8.58. The van der Waals surface area contributed by atoms with E-state index in [1.54, 1.807) is 7.05 Å². The van der Waals surface area contributed by atoms with E-state index in [1.165, 1.54) is 0 Å². The molecule has 0 saturated heterocycles. The topological polar surface area (TPSA) is 100 Å². The highest BCUT2D eigenvalue weighted by Crippen LogP contribution is 2.19. The van der Waals surface area contributed by atoms with Crippen molar-refractivity contribution in [2.75, 3.05) is 20.2 Å². The third kappa shape index (κ3) is 4.19. The first kappa shape index (κ1) is 14.8. The lowest BCUT2D eigenvalue weighted by Gasteiger charge is -2.20. The summed E-state index contributed by atoms with van der Waals surface area (Å²) in [5.74, 6) is 1.09. The van der Waals surface area contributed by atoms with Gasteiger partial charge in [0.05, 0.1) is 12.7 Å². The van der Waals surface area contributed by atoms with Crippen molar-refractivity contribution >= 4 is 5.84 Å². The molecule has 1 aliphatic carbocycles. The van der Waals surface area contributed by atoms with Crippen molar-refractivity contribution in [2.24, 2.45) is 0 Å². The molecule has 0 heterocycles. The van der Waals surface area contributed by atoms with E-state index >= 15 is 0 Å². The fraction of sp³-hybridized carbons (Fsp3) is 0.750. The van der Waals surface area contributed by atoms with Crippen LogP contribution in [0.1, 0.15) is 26.2 Å². The lowest BCUT2D eigenvalue weighted by Crippen LogP contribution is -2.36. The Morgan fingerprint density at radius 2 is 2.11 bits per heavy atom. The van der Waals surface area contributed by atoms with Gasteiger partial charge in [-0.2, -0.15) is 0 Å². The summed E-state index contributed by atoms with van der Waals surface area (Å²) < 4.78 is 0. The molecule has 1 rings (SSSR count). The lowest BCUT2D eigenvalue weighted by atomic mass is 10.2. The maximum Gasteiger partial charge on any atom is 0.124 e. The van der Waals surface area contributed by atoms with Gasteiger partial charge in [-0.25, -0.2) is 0 Å². The van der Waals surface area contributed by atoms with Crippen molar-refractivity contribution in [1.29, 1.82) is 5.41 Å². The van der Waals surface area contributed by atoms with Gasteiger partial charge in [0.15, 0.2) is 0 Å². The Morgan fingerprint density at radius 3 is 2.61 bits per heavy atom. The zero-order valence-electron chi connectivity index (χ0n) is 11.1. The molecule has 0 aromatic heterocycles. The van der Waals surface area contributed by atoms with E-state index in [9.17, 15) is 5.11 Å². The second kappa shape index (κ2) is 7.23. The van der Waals surface area contributed by atoms with Gasteiger partial charge < -0.3 is 26.2 Å². The summed E-state index contributed by atoms with van der Waals surface area (Å²) in [6, 6.07) is 0.253. The molecule has 0 spiro atoms. The standard InChI is InChI=1S/C12H24N4O2/c1-8(11(13)15-5-6-17)12(14-2)16-9-3-4-10(18)7-9/h9-10,14,16-18H,3-7H2,1-2H3,(H2,13,15)/b12-8+/t9-,10-/m1/s1. The molecule has 1 aliphatic rings. The van der Waals surface area contributed by atoms with Crippen molar-refractivity contribution in [1.82, 2.24) is 16.0 Å². The van der Waals surface area contributed by atoms with Gasteiger partial charge in [0.2, 0.25) is 0 Å². The third-order valence-corrected chi connectivity index (χ3v) is 3.17. The minimum atomic E-state index is -0.215. The highest BCUT2D eigenvalue weighted by Gasteiger charge is 2.23. The second-order valence-electron chi connectivity index (χ2n) is 4.58. The molecule has 104 valence electrons. The van der Waals surface area contributed by atoms with Crippen molar-refractivity contribution in [3.05, 3.63) is 11.4 Å². The quantitative estimate of drug-likeness (QED) is 0.284. The summed E-state index contributed by atoms with van der Waals surface area (Å²) in [6.45, 7) is 2.22. The molecular formula is C12H24N4O2. The summed E-state index contributed by atoms with van der Waals surface area (Å²) in [5, 5.41) is 35.2. The smallest absolute Gasteiger partial charge is 0.124 e. The number of aliphatic hydroxyl groups excluding tert-OH is 2. The molecule has 0 unspecified atom stereocenters. The lowest BCUT2D eigenvalue weighted by molar-refractivity contribution is 0.180. The van der Waals surface area contributed by atoms with Gasteiger partial charge in [-0.3, -0.25) is 5.41 Å². The average Bonchev–Trinajstić information content (AvgIpc) is 2.77. The van der Waals surface area contributed by atoms with Gasteiger partial charge in [-0.05, 0) is 26.2 Å². The molecule has 0 radical (unpaired) electrons. The van der Waals surface area contributed by atoms with Crippen molar-refractivity contribution in [3.63, 3.8) is 0 Å². The van der Waals surface area contributed by atoms with Gasteiger partial charge in [-0.1, -0.05) is 0 Å². The van der Waals surface area contributed by atoms with Gasteiger partial charge in [0, 0.05) is 25.2 Å². The average molecular weight is 256 g/mol. The molecule has 0 aromatic rings. The normalized spacial score (nSPS) is 24.4. The molecule has 0 amide bonds. The largest absolute Gasteiger partial charge is 0.395 e. The summed E-state index contributed by atoms with van der Waals surface area (Å²) in [7, 11) is 1.80. The van der Waals surface area contributed by atoms with Gasteiger partial charge in [-0.15, -0.1) is 0 Å². The van der Waals surface area contributed by atoms with Crippen molar-refractivity contribution in [2.45, 2.75) is 38.3 Å². The summed E-state index contributed by atoms with van der Waals surface area (Å²) >= 11 is 0. The van der Waals surface area contributed by atoms with Gasteiger partial charge >= 0.3 is 0 Å². The monoisotopic (exact) mass is 256 g/mol. The van der Waals surface area contributed by atoms with Gasteiger partial charge in [0.25, 0.3) is 0 Å². The first-order valence-corrected chi connectivity index (χ1v) is 6.35. The van der Waals surface area contributed by atoms with E-state index in [0.717, 1.165) is 30.7 Å². The fourth-order valence-electron chi connectivity index (χ4n) is 2.10. The molecule has 0 aliphatic heterocycles. The minimum absolute atomic E-state index is 0.00674. The molecule has 1 fully saturated rings. The Kier molecular flexibility index (Phi) is 5.94. The predicted molar refractivity (Wildman–Crippen MR) is 71.4 cm³/mol. The van der Waals surface area contributed by atoms with Crippen LogP contribution in [0.15, 0.2) is 11.4 Å². The van der Waals surface area contributed by atoms with E-state index in [0.29, 0.717) is 12.4 Å². The Balaban J connectivity index is 2.59. The van der Waals surface area contributed by atoms with Crippen LogP contribution in [0.3, 0.4) is 0 Å². The molecule has 6 heteroatoms. The molecule has 1 saturated carbocycles. The molecule has 6 N–H and O–H groups in total. The van der Waals surface area contributed by atoms with Crippen LogP contribution in [0.25, 0.3) is 0 Å². The van der Waals surface area contributed by atoms with Crippen LogP contribution in [0, 0.1) is 5.41 Å². The van der Waals surface area contributed by atoms with Crippen LogP contribution >= 0.6 is 0 Å².